The van der Waals surface area contributed by atoms with Crippen LogP contribution >= 0.6 is 12.4 Å². The molecule has 28 heavy (non-hydrogen) atoms. The number of nitrogens with one attached hydrogen (secondary N) is 2. The predicted molar refractivity (Wildman–Crippen MR) is 97.9 cm³/mol. The molecule has 2 aromatic rings. The van der Waals surface area contributed by atoms with Crippen molar-refractivity contribution in [2.75, 3.05) is 20.2 Å². The maximum Gasteiger partial charge on any atom is 0.387 e. The summed E-state index contributed by atoms with van der Waals surface area (Å²) in [5.74, 6) is 0.664. The molecule has 0 radical (unpaired) electrons. The number of methoxy groups -OCH3 is 1. The van der Waals surface area contributed by atoms with Crippen LogP contribution in [-0.4, -0.2) is 48.9 Å². The molecule has 1 aromatic heterocycles. The Bertz CT molecular complexity index is 784. The molecule has 2 N–H and O–H groups in total. The third-order valence-electron chi connectivity index (χ3n) is 4.12. The summed E-state index contributed by atoms with van der Waals surface area (Å²) >= 11 is 0. The highest BCUT2D eigenvalue weighted by molar-refractivity contribution is 5.85. The van der Waals surface area contributed by atoms with E-state index in [1.54, 1.807) is 0 Å². The molecule has 8 nitrogen and oxygen atoms in total. The molecule has 1 saturated heterocycles. The largest absolute Gasteiger partial charge is 0.493 e. The molecule has 1 fully saturated rings. The van der Waals surface area contributed by atoms with Crippen molar-refractivity contribution in [1.29, 1.82) is 0 Å². The van der Waals surface area contributed by atoms with E-state index in [9.17, 15) is 13.6 Å². The van der Waals surface area contributed by atoms with Crippen molar-refractivity contribution in [3.8, 4) is 22.9 Å². The fourth-order valence-corrected chi connectivity index (χ4v) is 2.80. The van der Waals surface area contributed by atoms with Gasteiger partial charge in [0.15, 0.2) is 11.5 Å². The molecule has 1 unspecified atom stereocenters. The lowest BCUT2D eigenvalue weighted by molar-refractivity contribution is -0.122. The molecule has 0 bridgehead atoms. The molecule has 0 spiro atoms. The van der Waals surface area contributed by atoms with Crippen molar-refractivity contribution in [3.63, 3.8) is 0 Å². The van der Waals surface area contributed by atoms with E-state index < -0.39 is 6.61 Å². The van der Waals surface area contributed by atoms with Crippen LogP contribution in [0.5, 0.6) is 11.5 Å². The molecule has 1 aliphatic rings. The first-order valence-corrected chi connectivity index (χ1v) is 8.53. The Morgan fingerprint density at radius 1 is 1.43 bits per heavy atom. The van der Waals surface area contributed by atoms with Crippen LogP contribution in [0.1, 0.15) is 18.7 Å². The summed E-state index contributed by atoms with van der Waals surface area (Å²) < 4.78 is 39.4. The Morgan fingerprint density at radius 3 is 2.93 bits per heavy atom. The summed E-state index contributed by atoms with van der Waals surface area (Å²) in [6, 6.07) is 4.23. The van der Waals surface area contributed by atoms with Gasteiger partial charge in [-0.15, -0.1) is 12.4 Å². The number of alkyl halides is 2. The molecule has 2 heterocycles. The highest BCUT2D eigenvalue weighted by atomic mass is 35.5. The van der Waals surface area contributed by atoms with Crippen molar-refractivity contribution in [3.05, 3.63) is 24.1 Å². The summed E-state index contributed by atoms with van der Waals surface area (Å²) in [5, 5.41) is 9.83. The zero-order chi connectivity index (χ0) is 19.2. The topological polar surface area (TPSA) is 98.5 Å². The Hall–Kier alpha value is -2.46. The minimum Gasteiger partial charge on any atom is -0.493 e. The summed E-state index contributed by atoms with van der Waals surface area (Å²) in [5.41, 5.74) is 0.530. The van der Waals surface area contributed by atoms with Crippen LogP contribution < -0.4 is 20.1 Å². The number of hydrogen-bond acceptors (Lipinski definition) is 7. The van der Waals surface area contributed by atoms with Gasteiger partial charge in [-0.05, 0) is 37.6 Å². The maximum atomic E-state index is 12.4. The number of halogens is 3. The molecular formula is C17H21ClF2N4O4. The van der Waals surface area contributed by atoms with Crippen molar-refractivity contribution >= 4 is 18.3 Å². The zero-order valence-corrected chi connectivity index (χ0v) is 15.9. The number of nitrogens with zero attached hydrogens (tertiary/aromatic N) is 2. The second kappa shape index (κ2) is 10.2. The third-order valence-corrected chi connectivity index (χ3v) is 4.12. The quantitative estimate of drug-likeness (QED) is 0.677. The molecule has 1 aromatic carbocycles. The smallest absolute Gasteiger partial charge is 0.387 e. The number of carbonyl (C=O) groups excluding carboxylic acids is 1. The standard InChI is InChI=1S/C17H20F2N4O4.ClH/c1-25-13-9-10(4-5-12(13)26-17(18)19)15-22-14(27-23-15)6-8-21-16(24)11-3-2-7-20-11;/h4-5,9,11,17,20H,2-3,6-8H2,1H3,(H,21,24);1H. The number of ether oxygens (including phenoxy) is 2. The summed E-state index contributed by atoms with van der Waals surface area (Å²) in [4.78, 5) is 16.2. The summed E-state index contributed by atoms with van der Waals surface area (Å²) in [6.45, 7) is -1.71. The molecule has 0 aliphatic carbocycles. The molecule has 154 valence electrons. The van der Waals surface area contributed by atoms with E-state index in [0.717, 1.165) is 19.4 Å². The van der Waals surface area contributed by atoms with Gasteiger partial charge in [0.2, 0.25) is 17.6 Å². The Labute approximate surface area is 166 Å². The fourth-order valence-electron chi connectivity index (χ4n) is 2.80. The van der Waals surface area contributed by atoms with Crippen LogP contribution in [0, 0.1) is 0 Å². The lowest BCUT2D eigenvalue weighted by Crippen LogP contribution is -2.41. The molecule has 1 atom stereocenters. The second-order valence-electron chi connectivity index (χ2n) is 5.95. The fraction of sp³-hybridized carbons (Fsp3) is 0.471. The van der Waals surface area contributed by atoms with E-state index in [1.165, 1.54) is 25.3 Å². The van der Waals surface area contributed by atoms with Crippen LogP contribution in [0.2, 0.25) is 0 Å². The van der Waals surface area contributed by atoms with Gasteiger partial charge in [0.25, 0.3) is 0 Å². The lowest BCUT2D eigenvalue weighted by atomic mass is 10.2. The number of aromatic nitrogens is 2. The van der Waals surface area contributed by atoms with Crippen LogP contribution in [0.15, 0.2) is 22.7 Å². The first-order chi connectivity index (χ1) is 13.1. The number of carbonyl (C=O) groups is 1. The van der Waals surface area contributed by atoms with Crippen molar-refractivity contribution in [1.82, 2.24) is 20.8 Å². The van der Waals surface area contributed by atoms with Gasteiger partial charge in [0.1, 0.15) is 0 Å². The zero-order valence-electron chi connectivity index (χ0n) is 15.1. The normalized spacial score (nSPS) is 15.9. The minimum atomic E-state index is -2.95. The van der Waals surface area contributed by atoms with Crippen LogP contribution in [0.3, 0.4) is 0 Å². The first kappa shape index (κ1) is 21.8. The Morgan fingerprint density at radius 2 is 2.25 bits per heavy atom. The Balaban J connectivity index is 0.00000280. The van der Waals surface area contributed by atoms with Gasteiger partial charge >= 0.3 is 6.61 Å². The highest BCUT2D eigenvalue weighted by Gasteiger charge is 2.21. The van der Waals surface area contributed by atoms with Crippen molar-refractivity contribution in [2.45, 2.75) is 31.9 Å². The molecular weight excluding hydrogens is 398 g/mol. The maximum absolute atomic E-state index is 12.4. The van der Waals surface area contributed by atoms with Crippen LogP contribution in [0.25, 0.3) is 11.4 Å². The average Bonchev–Trinajstić information content (AvgIpc) is 3.33. The van der Waals surface area contributed by atoms with Crippen molar-refractivity contribution < 1.29 is 27.6 Å². The third kappa shape index (κ3) is 5.52. The summed E-state index contributed by atoms with van der Waals surface area (Å²) in [7, 11) is 1.35. The van der Waals surface area contributed by atoms with E-state index in [-0.39, 0.29) is 41.7 Å². The predicted octanol–water partition coefficient (Wildman–Crippen LogP) is 2.18. The molecule has 0 saturated carbocycles. The number of rotatable bonds is 8. The Kier molecular flexibility index (Phi) is 7.94. The van der Waals surface area contributed by atoms with Crippen LogP contribution in [-0.2, 0) is 11.2 Å². The van der Waals surface area contributed by atoms with E-state index >= 15 is 0 Å². The summed E-state index contributed by atoms with van der Waals surface area (Å²) in [6.07, 6.45) is 2.22. The van der Waals surface area contributed by atoms with Gasteiger partial charge in [0.05, 0.1) is 13.2 Å². The second-order valence-corrected chi connectivity index (χ2v) is 5.95. The van der Waals surface area contributed by atoms with Gasteiger partial charge in [-0.1, -0.05) is 5.16 Å². The van der Waals surface area contributed by atoms with Gasteiger partial charge in [-0.3, -0.25) is 4.79 Å². The average molecular weight is 419 g/mol. The number of hydrogen-bond donors (Lipinski definition) is 2. The van der Waals surface area contributed by atoms with E-state index in [0.29, 0.717) is 24.4 Å². The first-order valence-electron chi connectivity index (χ1n) is 8.53. The van der Waals surface area contributed by atoms with Crippen LogP contribution in [0.4, 0.5) is 8.78 Å². The van der Waals surface area contributed by atoms with Gasteiger partial charge in [-0.2, -0.15) is 13.8 Å². The van der Waals surface area contributed by atoms with E-state index in [2.05, 4.69) is 25.5 Å². The van der Waals surface area contributed by atoms with Gasteiger partial charge < -0.3 is 24.6 Å². The lowest BCUT2D eigenvalue weighted by Gasteiger charge is -2.10. The van der Waals surface area contributed by atoms with E-state index in [1.807, 2.05) is 0 Å². The number of benzene rings is 1. The van der Waals surface area contributed by atoms with Gasteiger partial charge in [-0.25, -0.2) is 0 Å². The SMILES string of the molecule is COc1cc(-c2noc(CCNC(=O)C3CCCN3)n2)ccc1OC(F)F.Cl. The van der Waals surface area contributed by atoms with E-state index in [4.69, 9.17) is 9.26 Å². The highest BCUT2D eigenvalue weighted by Crippen LogP contribution is 2.32. The number of amides is 1. The molecule has 1 amide bonds. The molecule has 1 aliphatic heterocycles. The van der Waals surface area contributed by atoms with Gasteiger partial charge in [0, 0.05) is 18.5 Å². The molecule has 11 heteroatoms. The molecule has 3 rings (SSSR count). The van der Waals surface area contributed by atoms with Crippen molar-refractivity contribution in [2.24, 2.45) is 0 Å². The monoisotopic (exact) mass is 418 g/mol. The minimum absolute atomic E-state index is 0.